The Morgan fingerprint density at radius 3 is 2.35 bits per heavy atom. The molecule has 0 spiro atoms. The van der Waals surface area contributed by atoms with Gasteiger partial charge in [-0.05, 0) is 49.2 Å². The first-order valence-electron chi connectivity index (χ1n) is 11.8. The van der Waals surface area contributed by atoms with Crippen LogP contribution in [0.3, 0.4) is 0 Å². The second kappa shape index (κ2) is 10.4. The minimum atomic E-state index is -0.666. The minimum absolute atomic E-state index is 0.0236. The van der Waals surface area contributed by atoms with Crippen LogP contribution in [0.25, 0.3) is 5.76 Å². The summed E-state index contributed by atoms with van der Waals surface area (Å²) < 4.78 is 5.70. The maximum absolute atomic E-state index is 13.2. The van der Waals surface area contributed by atoms with Crippen molar-refractivity contribution in [3.63, 3.8) is 0 Å². The molecule has 0 aromatic heterocycles. The van der Waals surface area contributed by atoms with Gasteiger partial charge in [-0.3, -0.25) is 9.59 Å². The molecule has 0 saturated carbocycles. The van der Waals surface area contributed by atoms with E-state index in [0.29, 0.717) is 31.0 Å². The van der Waals surface area contributed by atoms with Gasteiger partial charge in [-0.15, -0.1) is 0 Å². The van der Waals surface area contributed by atoms with Crippen molar-refractivity contribution >= 4 is 17.4 Å². The fourth-order valence-electron chi connectivity index (χ4n) is 4.04. The van der Waals surface area contributed by atoms with Crippen molar-refractivity contribution in [1.82, 2.24) is 9.80 Å². The van der Waals surface area contributed by atoms with E-state index >= 15 is 0 Å². The van der Waals surface area contributed by atoms with E-state index in [0.717, 1.165) is 17.5 Å². The molecule has 1 atom stereocenters. The number of likely N-dealkylation sites (tertiary alicyclic amines) is 1. The van der Waals surface area contributed by atoms with Gasteiger partial charge in [-0.1, -0.05) is 64.1 Å². The van der Waals surface area contributed by atoms with E-state index in [2.05, 4.69) is 20.8 Å². The smallest absolute Gasteiger partial charge is 0.295 e. The van der Waals surface area contributed by atoms with Crippen LogP contribution in [-0.2, 0) is 15.0 Å². The number of hydrogen-bond acceptors (Lipinski definition) is 5. The second-order valence-electron chi connectivity index (χ2n) is 10.0. The molecule has 1 amide bonds. The van der Waals surface area contributed by atoms with Crippen molar-refractivity contribution in [2.75, 3.05) is 33.8 Å². The van der Waals surface area contributed by atoms with Gasteiger partial charge in [0.2, 0.25) is 0 Å². The molecular weight excluding hydrogens is 428 g/mol. The lowest BCUT2D eigenvalue weighted by Crippen LogP contribution is -2.35. The molecule has 1 unspecified atom stereocenters. The number of likely N-dealkylation sites (N-methyl/N-ethyl adjacent to an activating group) is 1. The molecule has 1 heterocycles. The fraction of sp³-hybridized carbons (Fsp3) is 0.429. The normalized spacial score (nSPS) is 18.1. The zero-order chi connectivity index (χ0) is 25.0. The number of ketones is 1. The second-order valence-corrected chi connectivity index (χ2v) is 10.0. The van der Waals surface area contributed by atoms with Gasteiger partial charge in [0.05, 0.1) is 18.2 Å². The molecule has 34 heavy (non-hydrogen) atoms. The Morgan fingerprint density at radius 1 is 1.09 bits per heavy atom. The van der Waals surface area contributed by atoms with Crippen molar-refractivity contribution in [1.29, 1.82) is 0 Å². The molecule has 3 rings (SSSR count). The van der Waals surface area contributed by atoms with Gasteiger partial charge in [0.1, 0.15) is 11.5 Å². The highest BCUT2D eigenvalue weighted by molar-refractivity contribution is 6.46. The van der Waals surface area contributed by atoms with Gasteiger partial charge in [-0.25, -0.2) is 0 Å². The summed E-state index contributed by atoms with van der Waals surface area (Å²) in [6.45, 7) is 9.96. The number of amides is 1. The lowest BCUT2D eigenvalue weighted by atomic mass is 9.85. The molecule has 1 aliphatic heterocycles. The predicted molar refractivity (Wildman–Crippen MR) is 135 cm³/mol. The molecule has 1 saturated heterocycles. The topological polar surface area (TPSA) is 70.1 Å². The van der Waals surface area contributed by atoms with Gasteiger partial charge in [0.15, 0.2) is 0 Å². The first kappa shape index (κ1) is 25.5. The van der Waals surface area contributed by atoms with Crippen molar-refractivity contribution in [3.8, 4) is 5.75 Å². The molecule has 1 N–H and O–H groups in total. The van der Waals surface area contributed by atoms with Gasteiger partial charge >= 0.3 is 0 Å². The van der Waals surface area contributed by atoms with E-state index in [1.807, 2.05) is 56.3 Å². The first-order valence-corrected chi connectivity index (χ1v) is 11.8. The first-order chi connectivity index (χ1) is 16.0. The minimum Gasteiger partial charge on any atom is -0.507 e. The molecule has 1 aliphatic rings. The summed E-state index contributed by atoms with van der Waals surface area (Å²) in [4.78, 5) is 29.8. The van der Waals surface area contributed by atoms with Crippen molar-refractivity contribution in [3.05, 3.63) is 70.8 Å². The van der Waals surface area contributed by atoms with E-state index in [1.54, 1.807) is 23.1 Å². The maximum atomic E-state index is 13.2. The fourth-order valence-corrected chi connectivity index (χ4v) is 4.04. The van der Waals surface area contributed by atoms with Crippen LogP contribution < -0.4 is 4.74 Å². The van der Waals surface area contributed by atoms with E-state index < -0.39 is 17.7 Å². The standard InChI is InChI=1S/C28H36N2O4/c1-7-17-34-22-10-8-9-20(18-22)25(31)23-24(19-11-13-21(14-12-19)28(2,3)4)30(16-15-29(5)6)27(33)26(23)32/h8-14,18,24,31H,7,15-17H2,1-6H3. The lowest BCUT2D eigenvalue weighted by molar-refractivity contribution is -0.140. The van der Waals surface area contributed by atoms with E-state index in [1.165, 1.54) is 0 Å². The number of aliphatic hydroxyl groups excluding tert-OH is 1. The molecule has 2 aromatic rings. The lowest BCUT2D eigenvalue weighted by Gasteiger charge is -2.27. The zero-order valence-corrected chi connectivity index (χ0v) is 21.1. The molecule has 6 nitrogen and oxygen atoms in total. The van der Waals surface area contributed by atoms with Crippen LogP contribution in [0, 0.1) is 0 Å². The Bertz CT molecular complexity index is 1060. The third kappa shape index (κ3) is 5.50. The largest absolute Gasteiger partial charge is 0.507 e. The van der Waals surface area contributed by atoms with Crippen LogP contribution in [0.4, 0.5) is 0 Å². The number of carbonyl (C=O) groups is 2. The van der Waals surface area contributed by atoms with Crippen molar-refractivity contribution in [2.24, 2.45) is 0 Å². The summed E-state index contributed by atoms with van der Waals surface area (Å²) in [5, 5.41) is 11.3. The summed E-state index contributed by atoms with van der Waals surface area (Å²) >= 11 is 0. The molecule has 0 bridgehead atoms. The van der Waals surface area contributed by atoms with Crippen molar-refractivity contribution in [2.45, 2.75) is 45.6 Å². The summed E-state index contributed by atoms with van der Waals surface area (Å²) in [6, 6.07) is 14.3. The number of rotatable bonds is 8. The molecule has 0 radical (unpaired) electrons. The van der Waals surface area contributed by atoms with Crippen LogP contribution >= 0.6 is 0 Å². The molecular formula is C28H36N2O4. The van der Waals surface area contributed by atoms with Crippen molar-refractivity contribution < 1.29 is 19.4 Å². The Morgan fingerprint density at radius 2 is 1.76 bits per heavy atom. The summed E-state index contributed by atoms with van der Waals surface area (Å²) in [5.41, 5.74) is 2.49. The van der Waals surface area contributed by atoms with E-state index in [4.69, 9.17) is 4.74 Å². The summed E-state index contributed by atoms with van der Waals surface area (Å²) in [7, 11) is 3.84. The molecule has 0 aliphatic carbocycles. The highest BCUT2D eigenvalue weighted by Gasteiger charge is 2.46. The predicted octanol–water partition coefficient (Wildman–Crippen LogP) is 4.76. The summed E-state index contributed by atoms with van der Waals surface area (Å²) in [6.07, 6.45) is 0.859. The Kier molecular flexibility index (Phi) is 7.82. The van der Waals surface area contributed by atoms with Gasteiger partial charge in [-0.2, -0.15) is 0 Å². The number of carbonyl (C=O) groups excluding carboxylic acids is 2. The number of hydrogen-bond donors (Lipinski definition) is 1. The van der Waals surface area contributed by atoms with E-state index in [9.17, 15) is 14.7 Å². The number of benzene rings is 2. The maximum Gasteiger partial charge on any atom is 0.295 e. The monoisotopic (exact) mass is 464 g/mol. The third-order valence-corrected chi connectivity index (χ3v) is 6.00. The zero-order valence-electron chi connectivity index (χ0n) is 21.1. The van der Waals surface area contributed by atoms with Crippen LogP contribution in [0.2, 0.25) is 0 Å². The quantitative estimate of drug-likeness (QED) is 0.347. The van der Waals surface area contributed by atoms with Gasteiger partial charge in [0.25, 0.3) is 11.7 Å². The molecule has 182 valence electrons. The molecule has 2 aromatic carbocycles. The highest BCUT2D eigenvalue weighted by atomic mass is 16.5. The van der Waals surface area contributed by atoms with Crippen LogP contribution in [-0.4, -0.2) is 60.4 Å². The number of Topliss-reactive ketones (excluding diaryl/α,β-unsaturated/α-hetero) is 1. The summed E-state index contributed by atoms with van der Waals surface area (Å²) in [5.74, 6) is -0.830. The Balaban J connectivity index is 2.11. The van der Waals surface area contributed by atoms with Crippen LogP contribution in [0.5, 0.6) is 5.75 Å². The number of nitrogens with zero attached hydrogens (tertiary/aromatic N) is 2. The van der Waals surface area contributed by atoms with Crippen LogP contribution in [0.15, 0.2) is 54.1 Å². The SMILES string of the molecule is CCCOc1cccc(C(O)=C2C(=O)C(=O)N(CCN(C)C)C2c2ccc(C(C)(C)C)cc2)c1. The van der Waals surface area contributed by atoms with Gasteiger partial charge in [0, 0.05) is 18.7 Å². The Labute approximate surface area is 202 Å². The molecule has 6 heteroatoms. The highest BCUT2D eigenvalue weighted by Crippen LogP contribution is 2.40. The van der Waals surface area contributed by atoms with Gasteiger partial charge < -0.3 is 19.6 Å². The Hall–Kier alpha value is -3.12. The van der Waals surface area contributed by atoms with Crippen LogP contribution in [0.1, 0.15) is 56.8 Å². The molecule has 1 fully saturated rings. The van der Waals surface area contributed by atoms with E-state index in [-0.39, 0.29) is 16.7 Å². The average Bonchev–Trinajstić information content (AvgIpc) is 3.05. The number of ether oxygens (including phenoxy) is 1. The number of aliphatic hydroxyl groups is 1. The third-order valence-electron chi connectivity index (χ3n) is 6.00. The average molecular weight is 465 g/mol.